The van der Waals surface area contributed by atoms with E-state index >= 15 is 0 Å². The zero-order valence-electron chi connectivity index (χ0n) is 13.1. The predicted octanol–water partition coefficient (Wildman–Crippen LogP) is 1.38. The Kier molecular flexibility index (Phi) is 4.11. The first-order valence-electron chi connectivity index (χ1n) is 7.39. The lowest BCUT2D eigenvalue weighted by atomic mass is 10.2. The second kappa shape index (κ2) is 5.93. The van der Waals surface area contributed by atoms with Crippen LogP contribution in [0.4, 0.5) is 10.1 Å². The molecule has 1 aromatic carbocycles. The molecule has 1 aromatic heterocycles. The van der Waals surface area contributed by atoms with Crippen LogP contribution in [0.15, 0.2) is 35.4 Å². The van der Waals surface area contributed by atoms with Crippen LogP contribution in [0.3, 0.4) is 0 Å². The first-order valence-corrected chi connectivity index (χ1v) is 8.83. The van der Waals surface area contributed by atoms with Gasteiger partial charge in [0.2, 0.25) is 10.0 Å². The van der Waals surface area contributed by atoms with Gasteiger partial charge >= 0.3 is 0 Å². The molecule has 2 heterocycles. The van der Waals surface area contributed by atoms with E-state index in [0.29, 0.717) is 31.9 Å². The summed E-state index contributed by atoms with van der Waals surface area (Å²) >= 11 is 0. The van der Waals surface area contributed by atoms with E-state index in [-0.39, 0.29) is 10.7 Å². The van der Waals surface area contributed by atoms with Gasteiger partial charge in [0.15, 0.2) is 0 Å². The minimum Gasteiger partial charge on any atom is -0.369 e. The first kappa shape index (κ1) is 15.9. The highest BCUT2D eigenvalue weighted by Gasteiger charge is 2.31. The van der Waals surface area contributed by atoms with Gasteiger partial charge in [-0.3, -0.25) is 4.68 Å². The normalized spacial score (nSPS) is 16.7. The van der Waals surface area contributed by atoms with Gasteiger partial charge in [0.1, 0.15) is 10.7 Å². The van der Waals surface area contributed by atoms with E-state index in [0.717, 1.165) is 5.69 Å². The van der Waals surface area contributed by atoms with Crippen LogP contribution in [0.5, 0.6) is 0 Å². The zero-order valence-corrected chi connectivity index (χ0v) is 13.9. The quantitative estimate of drug-likeness (QED) is 0.848. The van der Waals surface area contributed by atoms with Crippen molar-refractivity contribution in [2.45, 2.75) is 11.8 Å². The number of halogens is 1. The lowest BCUT2D eigenvalue weighted by Crippen LogP contribution is -2.48. The van der Waals surface area contributed by atoms with Gasteiger partial charge in [0, 0.05) is 38.9 Å². The molecule has 0 bridgehead atoms. The van der Waals surface area contributed by atoms with Crippen LogP contribution in [0.25, 0.3) is 0 Å². The molecule has 8 heteroatoms. The van der Waals surface area contributed by atoms with E-state index in [1.54, 1.807) is 30.8 Å². The molecule has 3 rings (SSSR count). The fourth-order valence-corrected chi connectivity index (χ4v) is 4.32. The Morgan fingerprint density at radius 3 is 2.22 bits per heavy atom. The molecule has 23 heavy (non-hydrogen) atoms. The molecule has 0 radical (unpaired) electrons. The number of anilines is 1. The smallest absolute Gasteiger partial charge is 0.246 e. The highest BCUT2D eigenvalue weighted by Crippen LogP contribution is 2.22. The summed E-state index contributed by atoms with van der Waals surface area (Å²) in [4.78, 5) is 2.32. The summed E-state index contributed by atoms with van der Waals surface area (Å²) < 4.78 is 41.5. The molecule has 1 fully saturated rings. The Hall–Kier alpha value is -1.93. The topological polar surface area (TPSA) is 58.4 Å². The van der Waals surface area contributed by atoms with E-state index in [2.05, 4.69) is 10.00 Å². The number of benzene rings is 1. The number of nitrogens with zero attached hydrogens (tertiary/aromatic N) is 4. The first-order chi connectivity index (χ1) is 10.9. The molecule has 0 aliphatic carbocycles. The molecule has 1 aliphatic rings. The zero-order chi connectivity index (χ0) is 16.6. The van der Waals surface area contributed by atoms with Crippen molar-refractivity contribution in [2.75, 3.05) is 31.1 Å². The maximum absolute atomic E-state index is 13.0. The van der Waals surface area contributed by atoms with E-state index in [4.69, 9.17) is 0 Å². The van der Waals surface area contributed by atoms with Crippen LogP contribution in [0.1, 0.15) is 5.69 Å². The van der Waals surface area contributed by atoms with Crippen molar-refractivity contribution in [3.63, 3.8) is 0 Å². The molecule has 0 atom stereocenters. The lowest BCUT2D eigenvalue weighted by molar-refractivity contribution is 0.384. The molecule has 0 spiro atoms. The Morgan fingerprint density at radius 2 is 1.70 bits per heavy atom. The Bertz CT molecular complexity index is 793. The van der Waals surface area contributed by atoms with E-state index < -0.39 is 10.0 Å². The standard InChI is InChI=1S/C15H19FN4O2S/c1-12-15(11-17-18(12)2)23(21,22)20-9-7-19(8-10-20)14-5-3-13(16)4-6-14/h3-6,11H,7-10H2,1-2H3. The number of hydrogen-bond donors (Lipinski definition) is 0. The molecule has 0 saturated carbocycles. The van der Waals surface area contributed by atoms with E-state index in [1.165, 1.54) is 22.6 Å². The van der Waals surface area contributed by atoms with Crippen molar-refractivity contribution in [3.8, 4) is 0 Å². The fraction of sp³-hybridized carbons (Fsp3) is 0.400. The minimum absolute atomic E-state index is 0.259. The number of aryl methyl sites for hydroxylation is 1. The van der Waals surface area contributed by atoms with Crippen LogP contribution in [-0.4, -0.2) is 48.7 Å². The molecule has 0 unspecified atom stereocenters. The van der Waals surface area contributed by atoms with Crippen LogP contribution in [-0.2, 0) is 17.1 Å². The van der Waals surface area contributed by atoms with Crippen molar-refractivity contribution in [2.24, 2.45) is 7.05 Å². The van der Waals surface area contributed by atoms with Crippen LogP contribution < -0.4 is 4.90 Å². The van der Waals surface area contributed by atoms with E-state index in [1.807, 2.05) is 0 Å². The molecule has 2 aromatic rings. The van der Waals surface area contributed by atoms with Crippen molar-refractivity contribution in [1.82, 2.24) is 14.1 Å². The summed E-state index contributed by atoms with van der Waals surface area (Å²) in [5, 5.41) is 4.01. The van der Waals surface area contributed by atoms with Gasteiger partial charge in [0.05, 0.1) is 11.9 Å². The Morgan fingerprint density at radius 1 is 1.09 bits per heavy atom. The van der Waals surface area contributed by atoms with Crippen molar-refractivity contribution >= 4 is 15.7 Å². The van der Waals surface area contributed by atoms with Crippen LogP contribution in [0.2, 0.25) is 0 Å². The Balaban J connectivity index is 1.73. The summed E-state index contributed by atoms with van der Waals surface area (Å²) in [6.07, 6.45) is 1.40. The highest BCUT2D eigenvalue weighted by molar-refractivity contribution is 7.89. The maximum Gasteiger partial charge on any atom is 0.246 e. The molecule has 6 nitrogen and oxygen atoms in total. The van der Waals surface area contributed by atoms with Gasteiger partial charge in [0.25, 0.3) is 0 Å². The van der Waals surface area contributed by atoms with Gasteiger partial charge in [-0.15, -0.1) is 0 Å². The van der Waals surface area contributed by atoms with Gasteiger partial charge in [-0.05, 0) is 31.2 Å². The van der Waals surface area contributed by atoms with Crippen LogP contribution >= 0.6 is 0 Å². The highest BCUT2D eigenvalue weighted by atomic mass is 32.2. The lowest BCUT2D eigenvalue weighted by Gasteiger charge is -2.35. The van der Waals surface area contributed by atoms with Crippen LogP contribution in [0, 0.1) is 12.7 Å². The SMILES string of the molecule is Cc1c(S(=O)(=O)N2CCN(c3ccc(F)cc3)CC2)cnn1C. The number of sulfonamides is 1. The van der Waals surface area contributed by atoms with Gasteiger partial charge in [-0.25, -0.2) is 12.8 Å². The predicted molar refractivity (Wildman–Crippen MR) is 85.3 cm³/mol. The average Bonchev–Trinajstić information content (AvgIpc) is 2.88. The second-order valence-corrected chi connectivity index (χ2v) is 7.49. The fourth-order valence-electron chi connectivity index (χ4n) is 2.71. The average molecular weight is 338 g/mol. The monoisotopic (exact) mass is 338 g/mol. The molecule has 0 amide bonds. The Labute approximate surface area is 135 Å². The van der Waals surface area contributed by atoms with E-state index in [9.17, 15) is 12.8 Å². The third-order valence-electron chi connectivity index (χ3n) is 4.24. The molecule has 124 valence electrons. The second-order valence-electron chi connectivity index (χ2n) is 5.59. The summed E-state index contributed by atoms with van der Waals surface area (Å²) in [6, 6.07) is 6.25. The molecular weight excluding hydrogens is 319 g/mol. The summed E-state index contributed by atoms with van der Waals surface area (Å²) in [5.74, 6) is -0.276. The molecule has 1 aliphatic heterocycles. The third kappa shape index (κ3) is 2.96. The molecular formula is C15H19FN4O2S. The van der Waals surface area contributed by atoms with Gasteiger partial charge in [-0.1, -0.05) is 0 Å². The summed E-state index contributed by atoms with van der Waals surface area (Å²) in [6.45, 7) is 3.69. The maximum atomic E-state index is 13.0. The minimum atomic E-state index is -3.52. The largest absolute Gasteiger partial charge is 0.369 e. The number of hydrogen-bond acceptors (Lipinski definition) is 4. The number of piperazine rings is 1. The summed E-state index contributed by atoms with van der Waals surface area (Å²) in [7, 11) is -1.80. The number of aromatic nitrogens is 2. The van der Waals surface area contributed by atoms with Gasteiger partial charge in [-0.2, -0.15) is 9.40 Å². The van der Waals surface area contributed by atoms with Crippen molar-refractivity contribution in [1.29, 1.82) is 0 Å². The number of rotatable bonds is 3. The van der Waals surface area contributed by atoms with Gasteiger partial charge < -0.3 is 4.90 Å². The van der Waals surface area contributed by atoms with Crippen molar-refractivity contribution in [3.05, 3.63) is 42.0 Å². The van der Waals surface area contributed by atoms with Crippen molar-refractivity contribution < 1.29 is 12.8 Å². The summed E-state index contributed by atoms with van der Waals surface area (Å²) in [5.41, 5.74) is 1.53. The molecule has 0 N–H and O–H groups in total. The molecule has 1 saturated heterocycles. The third-order valence-corrected chi connectivity index (χ3v) is 6.24.